The molecule has 0 aromatic heterocycles. The summed E-state index contributed by atoms with van der Waals surface area (Å²) in [5.74, 6) is -138. The summed E-state index contributed by atoms with van der Waals surface area (Å²) in [7, 11) is 0.0872. The van der Waals surface area contributed by atoms with Gasteiger partial charge in [-0.25, -0.2) is 4.79 Å². The zero-order valence-corrected chi connectivity index (χ0v) is 25.2. The van der Waals surface area contributed by atoms with Gasteiger partial charge in [-0.15, -0.1) is 0 Å². The lowest BCUT2D eigenvalue weighted by Gasteiger charge is -2.46. The summed E-state index contributed by atoms with van der Waals surface area (Å²) in [5.41, 5.74) is -5.78. The summed E-state index contributed by atoms with van der Waals surface area (Å²) in [5, 5.41) is 9.40. The van der Waals surface area contributed by atoms with E-state index in [1.54, 1.807) is 0 Å². The standard InChI is InChI=1S/C23H7F31O3/c1-57-8(56)7-5(3-2-4-6(7)55)9(24,25)10(26,27)11(28,29)12(30,31)13(32,33)14(34,35)15(36,37)16(38,39)17(40,41)18(42,43)19(44,45)20(46,47)21(48,49)22(50,51)23(52,53)54/h2-4,55H,1H3. The molecule has 1 N–H and O–H groups in total. The summed E-state index contributed by atoms with van der Waals surface area (Å²) in [6.45, 7) is 0. The van der Waals surface area contributed by atoms with Crippen molar-refractivity contribution in [3.8, 4) is 5.75 Å². The first kappa shape index (κ1) is 51.3. The highest BCUT2D eigenvalue weighted by atomic mass is 19.4. The average molecular weight is 920 g/mol. The van der Waals surface area contributed by atoms with Crippen molar-refractivity contribution in [1.29, 1.82) is 0 Å². The molecule has 0 fully saturated rings. The molecule has 0 amide bonds. The van der Waals surface area contributed by atoms with Crippen molar-refractivity contribution in [2.45, 2.75) is 89.1 Å². The number of carbonyl (C=O) groups excluding carboxylic acids is 1. The van der Waals surface area contributed by atoms with Crippen LogP contribution in [0.15, 0.2) is 18.2 Å². The van der Waals surface area contributed by atoms with Gasteiger partial charge in [-0.2, -0.15) is 136 Å². The molecule has 334 valence electrons. The molecule has 0 heterocycles. The number of esters is 1. The van der Waals surface area contributed by atoms with E-state index in [0.29, 0.717) is 0 Å². The number of ether oxygens (including phenoxy) is 1. The number of aromatic hydroxyl groups is 1. The van der Waals surface area contributed by atoms with Crippen molar-refractivity contribution in [3.05, 3.63) is 29.3 Å². The summed E-state index contributed by atoms with van der Waals surface area (Å²) in [6, 6.07) is -1.01. The highest BCUT2D eigenvalue weighted by molar-refractivity contribution is 5.94. The van der Waals surface area contributed by atoms with Crippen LogP contribution in [-0.2, 0) is 10.7 Å². The van der Waals surface area contributed by atoms with Gasteiger partial charge in [0.15, 0.2) is 0 Å². The van der Waals surface area contributed by atoms with Gasteiger partial charge >= 0.3 is 95.1 Å². The zero-order chi connectivity index (χ0) is 46.6. The number of benzene rings is 1. The van der Waals surface area contributed by atoms with E-state index in [-0.39, 0.29) is 19.2 Å². The van der Waals surface area contributed by atoms with Crippen LogP contribution in [0.4, 0.5) is 136 Å². The lowest BCUT2D eigenvalue weighted by Crippen LogP contribution is -2.79. The minimum Gasteiger partial charge on any atom is -0.507 e. The number of rotatable bonds is 15. The Morgan fingerprint density at radius 3 is 0.860 bits per heavy atom. The molecule has 3 nitrogen and oxygen atoms in total. The van der Waals surface area contributed by atoms with Gasteiger partial charge in [0.05, 0.1) is 7.11 Å². The normalized spacial score (nSPS) is 16.2. The SMILES string of the molecule is COC(=O)c1c(O)cccc1C(F)(F)C(F)(F)C(F)(F)C(F)(F)C(F)(F)C(F)(F)C(F)(F)C(F)(F)C(F)(F)C(F)(F)C(F)(F)C(F)(F)C(F)(F)C(F)(F)C(F)(F)F. The van der Waals surface area contributed by atoms with Crippen molar-refractivity contribution in [1.82, 2.24) is 0 Å². The van der Waals surface area contributed by atoms with Crippen LogP contribution >= 0.6 is 0 Å². The predicted molar refractivity (Wildman–Crippen MR) is 114 cm³/mol. The van der Waals surface area contributed by atoms with Gasteiger partial charge in [-0.3, -0.25) is 0 Å². The summed E-state index contributed by atoms with van der Waals surface area (Å²) in [4.78, 5) is 11.6. The van der Waals surface area contributed by atoms with Crippen molar-refractivity contribution in [2.24, 2.45) is 0 Å². The van der Waals surface area contributed by atoms with E-state index in [0.717, 1.165) is 0 Å². The third-order valence-electron chi connectivity index (χ3n) is 7.25. The first-order chi connectivity index (χ1) is 24.4. The monoisotopic (exact) mass is 920 g/mol. The fourth-order valence-electron chi connectivity index (χ4n) is 3.83. The van der Waals surface area contributed by atoms with E-state index in [2.05, 4.69) is 4.74 Å². The Hall–Kier alpha value is -3.68. The van der Waals surface area contributed by atoms with E-state index < -0.39 is 118 Å². The molecule has 1 rings (SSSR count). The minimum absolute atomic E-state index is 0.0205. The largest absolute Gasteiger partial charge is 0.507 e. The molecule has 34 heteroatoms. The first-order valence-electron chi connectivity index (χ1n) is 12.6. The fourth-order valence-corrected chi connectivity index (χ4v) is 3.83. The molecule has 0 saturated heterocycles. The number of methoxy groups -OCH3 is 1. The molecule has 0 bridgehead atoms. The molecule has 1 aromatic carbocycles. The maximum absolute atomic E-state index is 14.7. The van der Waals surface area contributed by atoms with E-state index in [1.165, 1.54) is 0 Å². The maximum Gasteiger partial charge on any atom is 0.460 e. The van der Waals surface area contributed by atoms with Gasteiger partial charge in [0.1, 0.15) is 11.3 Å². The molecule has 0 spiro atoms. The van der Waals surface area contributed by atoms with E-state index >= 15 is 0 Å². The third kappa shape index (κ3) is 6.02. The van der Waals surface area contributed by atoms with Crippen molar-refractivity contribution in [2.75, 3.05) is 7.11 Å². The molecule has 0 unspecified atom stereocenters. The quantitative estimate of drug-likeness (QED) is 0.141. The summed E-state index contributed by atoms with van der Waals surface area (Å²) < 4.78 is 430. The number of phenols is 1. The number of alkyl halides is 31. The van der Waals surface area contributed by atoms with Gasteiger partial charge in [-0.05, 0) is 6.07 Å². The molecular formula is C23H7F31O3. The second kappa shape index (κ2) is 13.2. The number of carbonyl (C=O) groups is 1. The Morgan fingerprint density at radius 1 is 0.404 bits per heavy atom. The third-order valence-corrected chi connectivity index (χ3v) is 7.25. The van der Waals surface area contributed by atoms with Gasteiger partial charge in [0.25, 0.3) is 0 Å². The lowest BCUT2D eigenvalue weighted by molar-refractivity contribution is -0.489. The van der Waals surface area contributed by atoms with Gasteiger partial charge in [-0.1, -0.05) is 12.1 Å². The molecule has 0 radical (unpaired) electrons. The molecule has 0 aliphatic carbocycles. The molecular weight excluding hydrogens is 913 g/mol. The van der Waals surface area contributed by atoms with E-state index in [4.69, 9.17) is 0 Å². The Labute approximate surface area is 289 Å². The summed E-state index contributed by atoms with van der Waals surface area (Å²) >= 11 is 0. The zero-order valence-electron chi connectivity index (χ0n) is 25.2. The van der Waals surface area contributed by atoms with E-state index in [9.17, 15) is 146 Å². The fraction of sp³-hybridized carbons (Fsp3) is 0.696. The predicted octanol–water partition coefficient (Wildman–Crippen LogP) is 11.1. The van der Waals surface area contributed by atoms with Crippen molar-refractivity contribution >= 4 is 5.97 Å². The van der Waals surface area contributed by atoms with Crippen molar-refractivity contribution in [3.63, 3.8) is 0 Å². The molecule has 0 aliphatic rings. The van der Waals surface area contributed by atoms with Crippen LogP contribution in [-0.4, -0.2) is 101 Å². The number of halogens is 31. The van der Waals surface area contributed by atoms with Crippen LogP contribution in [0.2, 0.25) is 0 Å². The highest BCUT2D eigenvalue weighted by Gasteiger charge is 3.01. The molecule has 0 aliphatic heterocycles. The Balaban J connectivity index is 4.11. The van der Waals surface area contributed by atoms with Crippen LogP contribution < -0.4 is 0 Å². The maximum atomic E-state index is 14.7. The van der Waals surface area contributed by atoms with Gasteiger partial charge < -0.3 is 9.84 Å². The first-order valence-corrected chi connectivity index (χ1v) is 12.6. The minimum atomic E-state index is -10.2. The van der Waals surface area contributed by atoms with E-state index in [1.807, 2.05) is 0 Å². The van der Waals surface area contributed by atoms with Gasteiger partial charge in [0, 0.05) is 5.56 Å². The molecule has 57 heavy (non-hydrogen) atoms. The molecule has 0 saturated carbocycles. The Bertz CT molecular complexity index is 1670. The van der Waals surface area contributed by atoms with Crippen molar-refractivity contribution < 1.29 is 151 Å². The Morgan fingerprint density at radius 2 is 0.632 bits per heavy atom. The lowest BCUT2D eigenvalue weighted by atomic mass is 9.82. The second-order valence-corrected chi connectivity index (χ2v) is 10.7. The molecule has 0 atom stereocenters. The summed E-state index contributed by atoms with van der Waals surface area (Å²) in [6.07, 6.45) is -8.38. The molecule has 1 aromatic rings. The smallest absolute Gasteiger partial charge is 0.460 e. The van der Waals surface area contributed by atoms with Crippen LogP contribution in [0.1, 0.15) is 15.9 Å². The topological polar surface area (TPSA) is 46.5 Å². The Kier molecular flexibility index (Phi) is 11.9. The highest BCUT2D eigenvalue weighted by Crippen LogP contribution is 2.70. The number of hydrogen-bond donors (Lipinski definition) is 1. The average Bonchev–Trinajstić information content (AvgIpc) is 3.02. The van der Waals surface area contributed by atoms with Crippen LogP contribution in [0.5, 0.6) is 5.75 Å². The van der Waals surface area contributed by atoms with Crippen LogP contribution in [0, 0.1) is 0 Å². The second-order valence-electron chi connectivity index (χ2n) is 10.7. The van der Waals surface area contributed by atoms with Crippen LogP contribution in [0.25, 0.3) is 0 Å². The number of hydrogen-bond acceptors (Lipinski definition) is 3. The van der Waals surface area contributed by atoms with Crippen LogP contribution in [0.3, 0.4) is 0 Å². The van der Waals surface area contributed by atoms with Gasteiger partial charge in [0.2, 0.25) is 0 Å². The number of phenolic OH excluding ortho intramolecular Hbond substituents is 1.